The van der Waals surface area contributed by atoms with Gasteiger partial charge in [-0.3, -0.25) is 10.1 Å². The first-order valence-electron chi connectivity index (χ1n) is 8.15. The van der Waals surface area contributed by atoms with Crippen LogP contribution in [0.5, 0.6) is 0 Å². The maximum atomic E-state index is 11.0. The van der Waals surface area contributed by atoms with E-state index in [0.717, 1.165) is 33.6 Å². The van der Waals surface area contributed by atoms with E-state index in [2.05, 4.69) is 15.4 Å². The topological polar surface area (TPSA) is 85.4 Å². The van der Waals surface area contributed by atoms with Crippen LogP contribution in [-0.4, -0.2) is 19.5 Å². The van der Waals surface area contributed by atoms with Crippen molar-refractivity contribution < 1.29 is 4.92 Å². The average Bonchev–Trinajstić information content (AvgIpc) is 3.04. The Labute approximate surface area is 148 Å². The summed E-state index contributed by atoms with van der Waals surface area (Å²) in [4.78, 5) is 15.1. The van der Waals surface area contributed by atoms with Gasteiger partial charge in [0, 0.05) is 35.1 Å². The fourth-order valence-corrected chi connectivity index (χ4v) is 3.51. The Morgan fingerprint density at radius 3 is 2.69 bits per heavy atom. The molecule has 0 fully saturated rings. The maximum absolute atomic E-state index is 11.0. The van der Waals surface area contributed by atoms with Gasteiger partial charge in [-0.1, -0.05) is 18.2 Å². The lowest BCUT2D eigenvalue weighted by Crippen LogP contribution is -2.11. The standard InChI is InChI=1S/C19H13N5O2/c25-24(26)13-7-5-12(6-8-13)17-15-9-10-23-19(15)18(20-11-21-23)14-3-1-2-4-16(14)22-17/h1-11,17,22H. The quantitative estimate of drug-likeness (QED) is 0.442. The Balaban J connectivity index is 1.76. The third kappa shape index (κ3) is 2.07. The summed E-state index contributed by atoms with van der Waals surface area (Å²) in [5, 5.41) is 18.8. The Morgan fingerprint density at radius 1 is 1.08 bits per heavy atom. The number of nitro groups is 1. The third-order valence-corrected chi connectivity index (χ3v) is 4.72. The first-order valence-corrected chi connectivity index (χ1v) is 8.15. The summed E-state index contributed by atoms with van der Waals surface area (Å²) in [6.07, 6.45) is 3.46. The second-order valence-corrected chi connectivity index (χ2v) is 6.14. The van der Waals surface area contributed by atoms with Gasteiger partial charge in [-0.15, -0.1) is 0 Å². The third-order valence-electron chi connectivity index (χ3n) is 4.72. The number of anilines is 1. The molecule has 7 heteroatoms. The second kappa shape index (κ2) is 5.38. The van der Waals surface area contributed by atoms with Crippen LogP contribution in [0, 0.1) is 10.1 Å². The lowest BCUT2D eigenvalue weighted by Gasteiger charge is -2.19. The zero-order valence-corrected chi connectivity index (χ0v) is 13.5. The van der Waals surface area contributed by atoms with E-state index in [0.29, 0.717) is 0 Å². The molecular formula is C19H13N5O2. The number of rotatable bonds is 2. The van der Waals surface area contributed by atoms with Crippen molar-refractivity contribution in [2.24, 2.45) is 0 Å². The number of aromatic nitrogens is 3. The van der Waals surface area contributed by atoms with Gasteiger partial charge in [0.05, 0.1) is 16.5 Å². The highest BCUT2D eigenvalue weighted by Crippen LogP contribution is 2.41. The number of hydrogen-bond donors (Lipinski definition) is 1. The molecule has 1 aliphatic heterocycles. The molecule has 5 rings (SSSR count). The molecule has 1 N–H and O–H groups in total. The van der Waals surface area contributed by atoms with Crippen molar-refractivity contribution in [2.45, 2.75) is 6.04 Å². The van der Waals surface area contributed by atoms with Crippen LogP contribution in [0.4, 0.5) is 11.4 Å². The monoisotopic (exact) mass is 343 g/mol. The van der Waals surface area contributed by atoms with Gasteiger partial charge in [0.25, 0.3) is 5.69 Å². The molecule has 0 aliphatic carbocycles. The molecule has 0 saturated heterocycles. The van der Waals surface area contributed by atoms with Crippen LogP contribution in [0.1, 0.15) is 17.2 Å². The number of nitrogens with one attached hydrogen (secondary N) is 1. The van der Waals surface area contributed by atoms with Crippen molar-refractivity contribution in [2.75, 3.05) is 5.32 Å². The van der Waals surface area contributed by atoms with E-state index in [1.165, 1.54) is 12.1 Å². The molecule has 126 valence electrons. The molecule has 1 unspecified atom stereocenters. The maximum Gasteiger partial charge on any atom is 0.269 e. The predicted molar refractivity (Wildman–Crippen MR) is 97.0 cm³/mol. The Bertz CT molecular complexity index is 1150. The van der Waals surface area contributed by atoms with Gasteiger partial charge < -0.3 is 5.32 Å². The summed E-state index contributed by atoms with van der Waals surface area (Å²) in [5.74, 6) is 0. The molecule has 3 heterocycles. The van der Waals surface area contributed by atoms with Gasteiger partial charge in [-0.05, 0) is 29.8 Å². The van der Waals surface area contributed by atoms with E-state index in [1.807, 2.05) is 41.0 Å². The molecule has 2 aromatic carbocycles. The van der Waals surface area contributed by atoms with Gasteiger partial charge in [-0.2, -0.15) is 5.10 Å². The van der Waals surface area contributed by atoms with Crippen LogP contribution in [0.15, 0.2) is 67.1 Å². The molecule has 4 aromatic rings. The first-order chi connectivity index (χ1) is 12.7. The van der Waals surface area contributed by atoms with Crippen molar-refractivity contribution in [3.8, 4) is 11.3 Å². The fraction of sp³-hybridized carbons (Fsp3) is 0.0526. The zero-order valence-electron chi connectivity index (χ0n) is 13.5. The second-order valence-electron chi connectivity index (χ2n) is 6.14. The molecule has 26 heavy (non-hydrogen) atoms. The molecular weight excluding hydrogens is 330 g/mol. The van der Waals surface area contributed by atoms with Crippen molar-refractivity contribution in [1.82, 2.24) is 14.6 Å². The number of para-hydroxylation sites is 1. The zero-order chi connectivity index (χ0) is 17.7. The van der Waals surface area contributed by atoms with Gasteiger partial charge in [0.1, 0.15) is 12.0 Å². The van der Waals surface area contributed by atoms with Crippen LogP contribution >= 0.6 is 0 Å². The van der Waals surface area contributed by atoms with Gasteiger partial charge in [-0.25, -0.2) is 9.50 Å². The van der Waals surface area contributed by atoms with E-state index in [9.17, 15) is 10.1 Å². The Kier molecular flexibility index (Phi) is 3.02. The summed E-state index contributed by atoms with van der Waals surface area (Å²) in [6, 6.07) is 16.5. The highest BCUT2D eigenvalue weighted by molar-refractivity contribution is 5.89. The summed E-state index contributed by atoms with van der Waals surface area (Å²) < 4.78 is 1.82. The van der Waals surface area contributed by atoms with E-state index in [4.69, 9.17) is 0 Å². The number of benzene rings is 2. The number of nitrogens with zero attached hydrogens (tertiary/aromatic N) is 4. The molecule has 1 aliphatic rings. The summed E-state index contributed by atoms with van der Waals surface area (Å²) >= 11 is 0. The Morgan fingerprint density at radius 2 is 1.88 bits per heavy atom. The highest BCUT2D eigenvalue weighted by Gasteiger charge is 2.26. The van der Waals surface area contributed by atoms with Crippen LogP contribution in [0.25, 0.3) is 16.8 Å². The highest BCUT2D eigenvalue weighted by atomic mass is 16.6. The Hall–Kier alpha value is -3.74. The van der Waals surface area contributed by atoms with E-state index >= 15 is 0 Å². The van der Waals surface area contributed by atoms with Crippen LogP contribution in [0.3, 0.4) is 0 Å². The summed E-state index contributed by atoms with van der Waals surface area (Å²) in [5.41, 5.74) is 5.83. The van der Waals surface area contributed by atoms with Crippen LogP contribution in [0.2, 0.25) is 0 Å². The minimum absolute atomic E-state index is 0.0773. The molecule has 2 aromatic heterocycles. The fourth-order valence-electron chi connectivity index (χ4n) is 3.51. The van der Waals surface area contributed by atoms with Gasteiger partial charge in [0.2, 0.25) is 0 Å². The lowest BCUT2D eigenvalue weighted by atomic mass is 9.99. The number of non-ortho nitro benzene ring substituents is 1. The SMILES string of the molecule is O=[N+]([O-])c1ccc(C2Nc3ccccc3-c3ncnn4ccc2c34)cc1. The average molecular weight is 343 g/mol. The van der Waals surface area contributed by atoms with Crippen molar-refractivity contribution >= 4 is 16.9 Å². The molecule has 0 amide bonds. The van der Waals surface area contributed by atoms with E-state index < -0.39 is 0 Å². The van der Waals surface area contributed by atoms with E-state index in [-0.39, 0.29) is 16.7 Å². The van der Waals surface area contributed by atoms with Crippen molar-refractivity contribution in [1.29, 1.82) is 0 Å². The summed E-state index contributed by atoms with van der Waals surface area (Å²) in [7, 11) is 0. The number of hydrogen-bond acceptors (Lipinski definition) is 5. The van der Waals surface area contributed by atoms with Crippen LogP contribution < -0.4 is 5.32 Å². The molecule has 1 atom stereocenters. The smallest absolute Gasteiger partial charge is 0.269 e. The largest absolute Gasteiger partial charge is 0.374 e. The molecule has 0 spiro atoms. The van der Waals surface area contributed by atoms with Crippen LogP contribution in [-0.2, 0) is 0 Å². The van der Waals surface area contributed by atoms with Crippen molar-refractivity contribution in [3.05, 3.63) is 88.4 Å². The van der Waals surface area contributed by atoms with E-state index in [1.54, 1.807) is 18.5 Å². The first kappa shape index (κ1) is 14.6. The minimum atomic E-state index is -0.390. The molecule has 7 nitrogen and oxygen atoms in total. The predicted octanol–water partition coefficient (Wildman–Crippen LogP) is 3.82. The number of nitro benzene ring substituents is 1. The van der Waals surface area contributed by atoms with Crippen molar-refractivity contribution in [3.63, 3.8) is 0 Å². The normalized spacial score (nSPS) is 15.2. The summed E-state index contributed by atoms with van der Waals surface area (Å²) in [6.45, 7) is 0. The molecule has 0 radical (unpaired) electrons. The van der Waals surface area contributed by atoms with Gasteiger partial charge in [0.15, 0.2) is 0 Å². The molecule has 0 saturated carbocycles. The minimum Gasteiger partial charge on any atom is -0.374 e. The lowest BCUT2D eigenvalue weighted by molar-refractivity contribution is -0.384. The molecule has 0 bridgehead atoms. The van der Waals surface area contributed by atoms with Gasteiger partial charge >= 0.3 is 0 Å². The number of fused-ring (bicyclic) bond motifs is 2.